The van der Waals surface area contributed by atoms with E-state index in [0.717, 1.165) is 12.8 Å². The van der Waals surface area contributed by atoms with Crippen molar-refractivity contribution in [3.8, 4) is 0 Å². The minimum Gasteiger partial charge on any atom is -0.459 e. The molecule has 0 bridgehead atoms. The Bertz CT molecular complexity index is 690. The highest BCUT2D eigenvalue weighted by Gasteiger charge is 2.12. The summed E-state index contributed by atoms with van der Waals surface area (Å²) in [5.74, 6) is -0.999. The van der Waals surface area contributed by atoms with E-state index in [9.17, 15) is 14.4 Å². The number of furan rings is 1. The first-order valence-corrected chi connectivity index (χ1v) is 7.85. The third kappa shape index (κ3) is 5.08. The fourth-order valence-corrected chi connectivity index (χ4v) is 2.18. The van der Waals surface area contributed by atoms with E-state index in [1.54, 1.807) is 18.2 Å². The van der Waals surface area contributed by atoms with Gasteiger partial charge < -0.3 is 4.42 Å². The van der Waals surface area contributed by atoms with Gasteiger partial charge in [0.2, 0.25) is 5.91 Å². The van der Waals surface area contributed by atoms with Crippen molar-refractivity contribution in [3.05, 3.63) is 59.5 Å². The predicted octanol–water partition coefficient (Wildman–Crippen LogP) is 2.66. The summed E-state index contributed by atoms with van der Waals surface area (Å²) in [4.78, 5) is 35.3. The Kier molecular flexibility index (Phi) is 6.31. The van der Waals surface area contributed by atoms with Gasteiger partial charge in [0, 0.05) is 18.4 Å². The smallest absolute Gasteiger partial charge is 0.305 e. The second-order valence-electron chi connectivity index (χ2n) is 5.35. The van der Waals surface area contributed by atoms with Gasteiger partial charge >= 0.3 is 5.91 Å². The second-order valence-corrected chi connectivity index (χ2v) is 5.35. The topological polar surface area (TPSA) is 88.4 Å². The summed E-state index contributed by atoms with van der Waals surface area (Å²) in [6.07, 6.45) is 3.47. The maximum absolute atomic E-state index is 12.1. The van der Waals surface area contributed by atoms with Gasteiger partial charge in [-0.25, -0.2) is 0 Å². The first kappa shape index (κ1) is 17.5. The molecular formula is C18H20N2O4. The van der Waals surface area contributed by atoms with Crippen LogP contribution in [0.25, 0.3) is 0 Å². The number of Topliss-reactive ketones (excluding diaryl/α,β-unsaturated/α-hetero) is 1. The SMILES string of the molecule is CCCc1ccc(C(=O)CCC(=O)NNC(=O)c2ccco2)cc1. The summed E-state index contributed by atoms with van der Waals surface area (Å²) in [6.45, 7) is 2.10. The number of hydrazine groups is 1. The Balaban J connectivity index is 1.74. The molecule has 2 N–H and O–H groups in total. The van der Waals surface area contributed by atoms with Crippen molar-refractivity contribution in [2.45, 2.75) is 32.6 Å². The fourth-order valence-electron chi connectivity index (χ4n) is 2.18. The number of carbonyl (C=O) groups is 3. The molecule has 2 rings (SSSR count). The number of rotatable bonds is 7. The molecule has 1 aromatic carbocycles. The molecule has 0 unspecified atom stereocenters. The average Bonchev–Trinajstić information content (AvgIpc) is 3.13. The van der Waals surface area contributed by atoms with Gasteiger partial charge in [-0.15, -0.1) is 0 Å². The maximum atomic E-state index is 12.1. The number of nitrogens with one attached hydrogen (secondary N) is 2. The van der Waals surface area contributed by atoms with Crippen LogP contribution in [-0.2, 0) is 11.2 Å². The number of aryl methyl sites for hydroxylation is 1. The van der Waals surface area contributed by atoms with Crippen LogP contribution in [0.5, 0.6) is 0 Å². The van der Waals surface area contributed by atoms with Crippen LogP contribution in [0.1, 0.15) is 52.7 Å². The van der Waals surface area contributed by atoms with E-state index in [-0.39, 0.29) is 24.4 Å². The Morgan fingerprint density at radius 2 is 1.75 bits per heavy atom. The van der Waals surface area contributed by atoms with Crippen LogP contribution in [0, 0.1) is 0 Å². The van der Waals surface area contributed by atoms with Gasteiger partial charge in [-0.2, -0.15) is 0 Å². The minimum absolute atomic E-state index is 0.00597. The summed E-state index contributed by atoms with van der Waals surface area (Å²) in [5, 5.41) is 0. The van der Waals surface area contributed by atoms with Gasteiger partial charge in [-0.05, 0) is 24.1 Å². The van der Waals surface area contributed by atoms with Crippen LogP contribution >= 0.6 is 0 Å². The van der Waals surface area contributed by atoms with Crippen molar-refractivity contribution in [1.82, 2.24) is 10.9 Å². The van der Waals surface area contributed by atoms with E-state index in [4.69, 9.17) is 4.42 Å². The number of ketones is 1. The molecule has 6 nitrogen and oxygen atoms in total. The molecule has 0 saturated heterocycles. The molecule has 0 aliphatic rings. The third-order valence-electron chi connectivity index (χ3n) is 3.45. The van der Waals surface area contributed by atoms with Crippen LogP contribution in [0.15, 0.2) is 47.1 Å². The lowest BCUT2D eigenvalue weighted by Crippen LogP contribution is -2.41. The molecule has 0 atom stereocenters. The second kappa shape index (κ2) is 8.67. The van der Waals surface area contributed by atoms with E-state index in [0.29, 0.717) is 5.56 Å². The zero-order valence-electron chi connectivity index (χ0n) is 13.5. The molecule has 24 heavy (non-hydrogen) atoms. The molecule has 126 valence electrons. The highest BCUT2D eigenvalue weighted by molar-refractivity contribution is 5.98. The Hall–Kier alpha value is -2.89. The summed E-state index contributed by atoms with van der Waals surface area (Å²) < 4.78 is 4.89. The average molecular weight is 328 g/mol. The predicted molar refractivity (Wildman–Crippen MR) is 88.3 cm³/mol. The van der Waals surface area contributed by atoms with Crippen LogP contribution in [0.2, 0.25) is 0 Å². The van der Waals surface area contributed by atoms with Gasteiger partial charge in [0.15, 0.2) is 11.5 Å². The van der Waals surface area contributed by atoms with Gasteiger partial charge in [-0.3, -0.25) is 25.2 Å². The zero-order chi connectivity index (χ0) is 17.4. The first-order chi connectivity index (χ1) is 11.6. The van der Waals surface area contributed by atoms with Crippen LogP contribution in [-0.4, -0.2) is 17.6 Å². The van der Waals surface area contributed by atoms with Gasteiger partial charge in [0.05, 0.1) is 6.26 Å². The molecule has 0 aliphatic carbocycles. The molecule has 0 aliphatic heterocycles. The standard InChI is InChI=1S/C18H20N2O4/c1-2-4-13-6-8-14(9-7-13)15(21)10-11-17(22)19-20-18(23)16-5-3-12-24-16/h3,5-9,12H,2,4,10-11H2,1H3,(H,19,22)(H,20,23). The number of carbonyl (C=O) groups excluding carboxylic acids is 3. The molecular weight excluding hydrogens is 308 g/mol. The molecule has 6 heteroatoms. The van der Waals surface area contributed by atoms with E-state index >= 15 is 0 Å². The fraction of sp³-hybridized carbons (Fsp3) is 0.278. The Labute approximate surface area is 140 Å². The lowest BCUT2D eigenvalue weighted by atomic mass is 10.0. The van der Waals surface area contributed by atoms with Crippen LogP contribution in [0.4, 0.5) is 0 Å². The quantitative estimate of drug-likeness (QED) is 0.604. The molecule has 0 radical (unpaired) electrons. The van der Waals surface area contributed by atoms with E-state index < -0.39 is 11.8 Å². The van der Waals surface area contributed by atoms with Gasteiger partial charge in [-0.1, -0.05) is 37.6 Å². The monoisotopic (exact) mass is 328 g/mol. The highest BCUT2D eigenvalue weighted by atomic mass is 16.3. The lowest BCUT2D eigenvalue weighted by molar-refractivity contribution is -0.121. The summed E-state index contributed by atoms with van der Waals surface area (Å²) in [5.41, 5.74) is 6.25. The largest absolute Gasteiger partial charge is 0.459 e. The maximum Gasteiger partial charge on any atom is 0.305 e. The van der Waals surface area contributed by atoms with Crippen molar-refractivity contribution >= 4 is 17.6 Å². The molecule has 1 heterocycles. The van der Waals surface area contributed by atoms with Crippen molar-refractivity contribution in [3.63, 3.8) is 0 Å². The third-order valence-corrected chi connectivity index (χ3v) is 3.45. The van der Waals surface area contributed by atoms with E-state index in [2.05, 4.69) is 17.8 Å². The normalized spacial score (nSPS) is 10.2. The molecule has 2 amide bonds. The Morgan fingerprint density at radius 1 is 1.00 bits per heavy atom. The molecule has 2 aromatic rings. The van der Waals surface area contributed by atoms with E-state index in [1.165, 1.54) is 17.9 Å². The molecule has 1 aromatic heterocycles. The minimum atomic E-state index is -0.550. The molecule has 0 fully saturated rings. The number of amides is 2. The summed E-state index contributed by atoms with van der Waals surface area (Å²) in [7, 11) is 0. The first-order valence-electron chi connectivity index (χ1n) is 7.85. The number of benzene rings is 1. The summed E-state index contributed by atoms with van der Waals surface area (Å²) in [6, 6.07) is 10.5. The zero-order valence-corrected chi connectivity index (χ0v) is 13.5. The van der Waals surface area contributed by atoms with Crippen molar-refractivity contribution in [2.24, 2.45) is 0 Å². The van der Waals surface area contributed by atoms with Crippen molar-refractivity contribution < 1.29 is 18.8 Å². The van der Waals surface area contributed by atoms with Crippen molar-refractivity contribution in [2.75, 3.05) is 0 Å². The van der Waals surface area contributed by atoms with Gasteiger partial charge in [0.25, 0.3) is 0 Å². The molecule has 0 spiro atoms. The number of hydrogen-bond donors (Lipinski definition) is 2. The van der Waals surface area contributed by atoms with E-state index in [1.807, 2.05) is 12.1 Å². The lowest BCUT2D eigenvalue weighted by Gasteiger charge is -2.06. The highest BCUT2D eigenvalue weighted by Crippen LogP contribution is 2.09. The Morgan fingerprint density at radius 3 is 2.38 bits per heavy atom. The molecule has 0 saturated carbocycles. The summed E-state index contributed by atoms with van der Waals surface area (Å²) >= 11 is 0. The number of hydrogen-bond acceptors (Lipinski definition) is 4. The van der Waals surface area contributed by atoms with Crippen LogP contribution in [0.3, 0.4) is 0 Å². The van der Waals surface area contributed by atoms with Gasteiger partial charge in [0.1, 0.15) is 0 Å². The van der Waals surface area contributed by atoms with Crippen molar-refractivity contribution in [1.29, 1.82) is 0 Å². The van der Waals surface area contributed by atoms with Crippen LogP contribution < -0.4 is 10.9 Å².